The minimum Gasteiger partial charge on any atom is -0.493 e. The molecule has 2 aromatic rings. The average Bonchev–Trinajstić information content (AvgIpc) is 3.01. The lowest BCUT2D eigenvalue weighted by Gasteiger charge is -2.09. The van der Waals surface area contributed by atoms with Gasteiger partial charge in [0.05, 0.1) is 44.7 Å². The van der Waals surface area contributed by atoms with Crippen molar-refractivity contribution in [3.8, 4) is 11.5 Å². The fourth-order valence-electron chi connectivity index (χ4n) is 1.83. The molecule has 0 bridgehead atoms. The van der Waals surface area contributed by atoms with Gasteiger partial charge in [-0.3, -0.25) is 10.2 Å². The van der Waals surface area contributed by atoms with Gasteiger partial charge in [-0.2, -0.15) is 5.10 Å². The molecular formula is C15H16ClN3O4S. The van der Waals surface area contributed by atoms with E-state index in [-0.39, 0.29) is 12.4 Å². The van der Waals surface area contributed by atoms with Crippen molar-refractivity contribution < 1.29 is 19.0 Å². The number of carbonyl (C=O) groups excluding carboxylic acids is 1. The van der Waals surface area contributed by atoms with Crippen molar-refractivity contribution in [3.63, 3.8) is 0 Å². The fraction of sp³-hybridized carbons (Fsp3) is 0.267. The Balaban J connectivity index is 2.04. The molecule has 0 saturated heterocycles. The molecule has 0 spiro atoms. The highest BCUT2D eigenvalue weighted by Crippen LogP contribution is 2.35. The lowest BCUT2D eigenvalue weighted by Crippen LogP contribution is -2.04. The van der Waals surface area contributed by atoms with Gasteiger partial charge in [0.25, 0.3) is 0 Å². The minimum atomic E-state index is -0.338. The number of hydrogen-bond acceptors (Lipinski definition) is 8. The number of ether oxygens (including phenoxy) is 3. The lowest BCUT2D eigenvalue weighted by atomic mass is 10.2. The first-order chi connectivity index (χ1) is 11.6. The normalized spacial score (nSPS) is 10.7. The number of hydrazone groups is 1. The van der Waals surface area contributed by atoms with E-state index in [1.54, 1.807) is 23.7 Å². The number of rotatable bonds is 7. The van der Waals surface area contributed by atoms with Crippen LogP contribution in [0.2, 0.25) is 5.02 Å². The van der Waals surface area contributed by atoms with E-state index in [0.29, 0.717) is 27.3 Å². The third-order valence-corrected chi connectivity index (χ3v) is 4.01. The number of esters is 1. The third-order valence-electron chi connectivity index (χ3n) is 2.93. The highest BCUT2D eigenvalue weighted by Gasteiger charge is 2.10. The standard InChI is InChI=1S/C15H16ClN3O4S/c1-21-12-5-9(4-11(16)14(12)23-3)7-17-19-15-18-10(8-24-15)6-13(20)22-2/h4-5,7-8H,6H2,1-3H3,(H,18,19)/b17-7-. The summed E-state index contributed by atoms with van der Waals surface area (Å²) in [6, 6.07) is 3.46. The zero-order chi connectivity index (χ0) is 17.5. The Hall–Kier alpha value is -2.32. The molecule has 7 nitrogen and oxygen atoms in total. The number of benzene rings is 1. The largest absolute Gasteiger partial charge is 0.493 e. The van der Waals surface area contributed by atoms with Gasteiger partial charge in [0, 0.05) is 5.38 Å². The molecule has 0 aliphatic heterocycles. The van der Waals surface area contributed by atoms with Crippen LogP contribution in [0.1, 0.15) is 11.3 Å². The molecule has 24 heavy (non-hydrogen) atoms. The fourth-order valence-corrected chi connectivity index (χ4v) is 2.79. The molecule has 1 N–H and O–H groups in total. The smallest absolute Gasteiger partial charge is 0.311 e. The zero-order valence-corrected chi connectivity index (χ0v) is 14.9. The number of thiazole rings is 1. The molecule has 0 radical (unpaired) electrons. The second-order valence-corrected chi connectivity index (χ2v) is 5.77. The van der Waals surface area contributed by atoms with E-state index in [2.05, 4.69) is 20.2 Å². The van der Waals surface area contributed by atoms with Crippen LogP contribution in [0.15, 0.2) is 22.6 Å². The maximum Gasteiger partial charge on any atom is 0.311 e. The van der Waals surface area contributed by atoms with Gasteiger partial charge < -0.3 is 14.2 Å². The van der Waals surface area contributed by atoms with Crippen LogP contribution in [0.5, 0.6) is 11.5 Å². The number of carbonyl (C=O) groups is 1. The van der Waals surface area contributed by atoms with Gasteiger partial charge in [0.2, 0.25) is 5.13 Å². The maximum absolute atomic E-state index is 11.2. The Bertz CT molecular complexity index is 748. The molecule has 0 atom stereocenters. The Morgan fingerprint density at radius 2 is 2.17 bits per heavy atom. The molecule has 1 aromatic heterocycles. The van der Waals surface area contributed by atoms with Crippen LogP contribution in [0.4, 0.5) is 5.13 Å². The van der Waals surface area contributed by atoms with Crippen LogP contribution in [-0.4, -0.2) is 38.5 Å². The first-order valence-electron chi connectivity index (χ1n) is 6.79. The number of aromatic nitrogens is 1. The summed E-state index contributed by atoms with van der Waals surface area (Å²) in [6.45, 7) is 0. The van der Waals surface area contributed by atoms with Crippen molar-refractivity contribution in [2.75, 3.05) is 26.8 Å². The van der Waals surface area contributed by atoms with E-state index >= 15 is 0 Å². The number of halogens is 1. The molecule has 9 heteroatoms. The van der Waals surface area contributed by atoms with Crippen molar-refractivity contribution in [1.29, 1.82) is 0 Å². The summed E-state index contributed by atoms with van der Waals surface area (Å²) in [6.07, 6.45) is 1.71. The van der Waals surface area contributed by atoms with Crippen LogP contribution in [0.3, 0.4) is 0 Å². The summed E-state index contributed by atoms with van der Waals surface area (Å²) in [7, 11) is 4.39. The Labute approximate surface area is 148 Å². The second kappa shape index (κ2) is 8.51. The van der Waals surface area contributed by atoms with Crippen molar-refractivity contribution >= 4 is 40.3 Å². The van der Waals surface area contributed by atoms with Crippen molar-refractivity contribution in [1.82, 2.24) is 4.98 Å². The summed E-state index contributed by atoms with van der Waals surface area (Å²) in [4.78, 5) is 15.4. The highest BCUT2D eigenvalue weighted by atomic mass is 35.5. The van der Waals surface area contributed by atoms with E-state index in [1.807, 2.05) is 0 Å². The predicted octanol–water partition coefficient (Wildman–Crippen LogP) is 2.98. The van der Waals surface area contributed by atoms with Gasteiger partial charge >= 0.3 is 5.97 Å². The van der Waals surface area contributed by atoms with Gasteiger partial charge in [-0.05, 0) is 17.7 Å². The highest BCUT2D eigenvalue weighted by molar-refractivity contribution is 7.13. The SMILES string of the molecule is COC(=O)Cc1csc(N/N=C\c2cc(Cl)c(OC)c(OC)c2)n1. The van der Waals surface area contributed by atoms with Gasteiger partial charge in [-0.15, -0.1) is 11.3 Å². The molecular weight excluding hydrogens is 354 g/mol. The predicted molar refractivity (Wildman–Crippen MR) is 93.6 cm³/mol. The maximum atomic E-state index is 11.2. The Morgan fingerprint density at radius 1 is 1.38 bits per heavy atom. The monoisotopic (exact) mass is 369 g/mol. The van der Waals surface area contributed by atoms with Crippen molar-refractivity contribution in [3.05, 3.63) is 33.8 Å². The number of nitrogens with zero attached hydrogens (tertiary/aromatic N) is 2. The molecule has 1 aromatic carbocycles. The lowest BCUT2D eigenvalue weighted by molar-refractivity contribution is -0.139. The average molecular weight is 370 g/mol. The minimum absolute atomic E-state index is 0.129. The molecule has 0 fully saturated rings. The molecule has 0 unspecified atom stereocenters. The van der Waals surface area contributed by atoms with E-state index in [9.17, 15) is 4.79 Å². The molecule has 2 rings (SSSR count). The quantitative estimate of drug-likeness (QED) is 0.459. The van der Waals surface area contributed by atoms with Crippen molar-refractivity contribution in [2.24, 2.45) is 5.10 Å². The summed E-state index contributed by atoms with van der Waals surface area (Å²) in [5.74, 6) is 0.646. The number of methoxy groups -OCH3 is 3. The molecule has 0 saturated carbocycles. The van der Waals surface area contributed by atoms with Gasteiger partial charge in [-0.1, -0.05) is 11.6 Å². The number of hydrogen-bond donors (Lipinski definition) is 1. The molecule has 128 valence electrons. The molecule has 0 aliphatic rings. The zero-order valence-electron chi connectivity index (χ0n) is 13.3. The van der Waals surface area contributed by atoms with Crippen LogP contribution < -0.4 is 14.9 Å². The van der Waals surface area contributed by atoms with Gasteiger partial charge in [0.1, 0.15) is 0 Å². The van der Waals surface area contributed by atoms with E-state index in [1.165, 1.54) is 32.7 Å². The summed E-state index contributed by atoms with van der Waals surface area (Å²) in [5, 5.41) is 6.85. The topological polar surface area (TPSA) is 82.0 Å². The van der Waals surface area contributed by atoms with Crippen LogP contribution in [-0.2, 0) is 16.0 Å². The third kappa shape index (κ3) is 4.59. The summed E-state index contributed by atoms with van der Waals surface area (Å²) in [5.41, 5.74) is 4.16. The van der Waals surface area contributed by atoms with Crippen molar-refractivity contribution in [2.45, 2.75) is 6.42 Å². The molecule has 0 amide bonds. The molecule has 1 heterocycles. The van der Waals surface area contributed by atoms with Crippen LogP contribution >= 0.6 is 22.9 Å². The first-order valence-corrected chi connectivity index (χ1v) is 8.05. The van der Waals surface area contributed by atoms with Crippen LogP contribution in [0.25, 0.3) is 0 Å². The van der Waals surface area contributed by atoms with Crippen LogP contribution in [0, 0.1) is 0 Å². The van der Waals surface area contributed by atoms with E-state index in [4.69, 9.17) is 21.1 Å². The number of nitrogens with one attached hydrogen (secondary N) is 1. The van der Waals surface area contributed by atoms with E-state index < -0.39 is 0 Å². The second-order valence-electron chi connectivity index (χ2n) is 4.51. The summed E-state index contributed by atoms with van der Waals surface area (Å²) >= 11 is 7.47. The number of anilines is 1. The Morgan fingerprint density at radius 3 is 2.83 bits per heavy atom. The van der Waals surface area contributed by atoms with E-state index in [0.717, 1.165) is 5.56 Å². The Kier molecular flexibility index (Phi) is 6.39. The summed E-state index contributed by atoms with van der Waals surface area (Å²) < 4.78 is 15.0. The molecule has 0 aliphatic carbocycles. The van der Waals surface area contributed by atoms with Gasteiger partial charge in [0.15, 0.2) is 11.5 Å². The first kappa shape index (κ1) is 18.0. The van der Waals surface area contributed by atoms with Gasteiger partial charge in [-0.25, -0.2) is 4.98 Å².